The molecule has 17 heavy (non-hydrogen) atoms. The van der Waals surface area contributed by atoms with E-state index in [1.807, 2.05) is 6.07 Å². The van der Waals surface area contributed by atoms with Crippen molar-refractivity contribution in [1.29, 1.82) is 0 Å². The van der Waals surface area contributed by atoms with E-state index >= 15 is 0 Å². The van der Waals surface area contributed by atoms with Crippen molar-refractivity contribution in [2.45, 2.75) is 40.5 Å². The van der Waals surface area contributed by atoms with Crippen LogP contribution >= 0.6 is 0 Å². The van der Waals surface area contributed by atoms with Crippen LogP contribution in [0.5, 0.6) is 0 Å². The Balaban J connectivity index is 2.98. The number of amides is 1. The Morgan fingerprint density at radius 2 is 1.82 bits per heavy atom. The minimum atomic E-state index is -0.383. The second kappa shape index (κ2) is 6.28. The molecule has 0 spiro atoms. The first-order valence-electron chi connectivity index (χ1n) is 6.18. The summed E-state index contributed by atoms with van der Waals surface area (Å²) in [5.41, 5.74) is 4.55. The average molecular weight is 235 g/mol. The third-order valence-electron chi connectivity index (χ3n) is 2.84. The van der Waals surface area contributed by atoms with Crippen molar-refractivity contribution in [2.24, 2.45) is 0 Å². The molecule has 0 radical (unpaired) electrons. The highest BCUT2D eigenvalue weighted by atomic mass is 16.5. The molecule has 1 amide bonds. The second-order valence-corrected chi connectivity index (χ2v) is 3.99. The number of aryl methyl sites for hydroxylation is 3. The fourth-order valence-electron chi connectivity index (χ4n) is 1.87. The lowest BCUT2D eigenvalue weighted by Crippen LogP contribution is -2.15. The summed E-state index contributed by atoms with van der Waals surface area (Å²) in [6.45, 7) is 8.47. The van der Waals surface area contributed by atoms with Gasteiger partial charge >= 0.3 is 6.09 Å². The van der Waals surface area contributed by atoms with Crippen LogP contribution in [0.15, 0.2) is 12.1 Å². The predicted octanol–water partition coefficient (Wildman–Crippen LogP) is 3.69. The number of hydrogen-bond donors (Lipinski definition) is 1. The summed E-state index contributed by atoms with van der Waals surface area (Å²) in [7, 11) is 0. The summed E-state index contributed by atoms with van der Waals surface area (Å²) >= 11 is 0. The largest absolute Gasteiger partial charge is 0.450 e. The quantitative estimate of drug-likeness (QED) is 0.864. The van der Waals surface area contributed by atoms with Crippen molar-refractivity contribution in [3.8, 4) is 0 Å². The fourth-order valence-corrected chi connectivity index (χ4v) is 1.87. The first kappa shape index (κ1) is 13.6. The summed E-state index contributed by atoms with van der Waals surface area (Å²) in [6, 6.07) is 4.19. The molecule has 3 heteroatoms. The average Bonchev–Trinajstić information content (AvgIpc) is 2.29. The standard InChI is InChI=1S/C14H21NO2/c1-5-11-9-12(6-2)13(8-10(11)4)15-14(16)17-7-3/h8-9H,5-7H2,1-4H3,(H,15,16). The minimum absolute atomic E-state index is 0.383. The van der Waals surface area contributed by atoms with E-state index in [-0.39, 0.29) is 6.09 Å². The Morgan fingerprint density at radius 1 is 1.18 bits per heavy atom. The van der Waals surface area contributed by atoms with Crippen LogP contribution in [-0.4, -0.2) is 12.7 Å². The van der Waals surface area contributed by atoms with Crippen molar-refractivity contribution < 1.29 is 9.53 Å². The molecule has 0 aromatic heterocycles. The van der Waals surface area contributed by atoms with Crippen LogP contribution < -0.4 is 5.32 Å². The zero-order valence-corrected chi connectivity index (χ0v) is 11.1. The molecule has 1 aromatic rings. The number of carbonyl (C=O) groups excluding carboxylic acids is 1. The molecule has 94 valence electrons. The summed E-state index contributed by atoms with van der Waals surface area (Å²) in [5.74, 6) is 0. The van der Waals surface area contributed by atoms with Gasteiger partial charge in [-0.25, -0.2) is 4.79 Å². The highest BCUT2D eigenvalue weighted by Gasteiger charge is 2.09. The van der Waals surface area contributed by atoms with Gasteiger partial charge in [0, 0.05) is 5.69 Å². The van der Waals surface area contributed by atoms with Crippen molar-refractivity contribution in [3.63, 3.8) is 0 Å². The van der Waals surface area contributed by atoms with Crippen molar-refractivity contribution in [3.05, 3.63) is 28.8 Å². The third-order valence-corrected chi connectivity index (χ3v) is 2.84. The molecule has 1 rings (SSSR count). The molecule has 0 aliphatic heterocycles. The first-order chi connectivity index (χ1) is 8.12. The Hall–Kier alpha value is -1.51. The molecule has 3 nitrogen and oxygen atoms in total. The maximum atomic E-state index is 11.4. The van der Waals surface area contributed by atoms with Crippen LogP contribution in [0.3, 0.4) is 0 Å². The Bertz CT molecular complexity index is 399. The molecule has 0 atom stereocenters. The third kappa shape index (κ3) is 3.48. The maximum absolute atomic E-state index is 11.4. The number of ether oxygens (including phenoxy) is 1. The number of hydrogen-bond acceptors (Lipinski definition) is 2. The molecule has 0 bridgehead atoms. The van der Waals surface area contributed by atoms with E-state index in [4.69, 9.17) is 4.74 Å². The van der Waals surface area contributed by atoms with E-state index in [2.05, 4.69) is 32.2 Å². The summed E-state index contributed by atoms with van der Waals surface area (Å²) in [6.07, 6.45) is 1.53. The molecular formula is C14H21NO2. The monoisotopic (exact) mass is 235 g/mol. The van der Waals surface area contributed by atoms with Crippen molar-refractivity contribution in [1.82, 2.24) is 0 Å². The van der Waals surface area contributed by atoms with Crippen molar-refractivity contribution in [2.75, 3.05) is 11.9 Å². The van der Waals surface area contributed by atoms with E-state index < -0.39 is 0 Å². The Labute approximate surface area is 103 Å². The van der Waals surface area contributed by atoms with Gasteiger partial charge < -0.3 is 4.74 Å². The second-order valence-electron chi connectivity index (χ2n) is 3.99. The SMILES string of the molecule is CCOC(=O)Nc1cc(C)c(CC)cc1CC. The van der Waals surface area contributed by atoms with Crippen LogP contribution in [0, 0.1) is 6.92 Å². The maximum Gasteiger partial charge on any atom is 0.411 e. The number of rotatable bonds is 4. The predicted molar refractivity (Wildman–Crippen MR) is 70.6 cm³/mol. The van der Waals surface area contributed by atoms with Gasteiger partial charge in [-0.3, -0.25) is 5.32 Å². The summed E-state index contributed by atoms with van der Waals surface area (Å²) in [5, 5.41) is 2.79. The van der Waals surface area contributed by atoms with Crippen LogP contribution in [0.4, 0.5) is 10.5 Å². The molecule has 0 saturated carbocycles. The lowest BCUT2D eigenvalue weighted by atomic mass is 10.00. The summed E-state index contributed by atoms with van der Waals surface area (Å²) < 4.78 is 4.89. The van der Waals surface area contributed by atoms with Gasteiger partial charge in [-0.1, -0.05) is 19.9 Å². The van der Waals surface area contributed by atoms with Gasteiger partial charge in [-0.15, -0.1) is 0 Å². The summed E-state index contributed by atoms with van der Waals surface area (Å²) in [4.78, 5) is 11.4. The van der Waals surface area contributed by atoms with Gasteiger partial charge in [0.15, 0.2) is 0 Å². The van der Waals surface area contributed by atoms with E-state index in [0.717, 1.165) is 24.1 Å². The fraction of sp³-hybridized carbons (Fsp3) is 0.500. The number of nitrogens with one attached hydrogen (secondary N) is 1. The number of benzene rings is 1. The zero-order chi connectivity index (χ0) is 12.8. The minimum Gasteiger partial charge on any atom is -0.450 e. The molecule has 0 unspecified atom stereocenters. The highest BCUT2D eigenvalue weighted by molar-refractivity contribution is 5.86. The van der Waals surface area contributed by atoms with E-state index in [1.165, 1.54) is 11.1 Å². The van der Waals surface area contributed by atoms with E-state index in [9.17, 15) is 4.79 Å². The first-order valence-corrected chi connectivity index (χ1v) is 6.18. The lowest BCUT2D eigenvalue weighted by molar-refractivity contribution is 0.168. The van der Waals surface area contributed by atoms with Crippen LogP contribution in [0.1, 0.15) is 37.5 Å². The number of carbonyl (C=O) groups is 1. The molecule has 1 aromatic carbocycles. The molecule has 0 fully saturated rings. The molecular weight excluding hydrogens is 214 g/mol. The van der Waals surface area contributed by atoms with E-state index in [1.54, 1.807) is 6.92 Å². The van der Waals surface area contributed by atoms with E-state index in [0.29, 0.717) is 6.61 Å². The molecule has 0 aliphatic rings. The molecule has 0 aliphatic carbocycles. The highest BCUT2D eigenvalue weighted by Crippen LogP contribution is 2.22. The van der Waals surface area contributed by atoms with Gasteiger partial charge in [-0.2, -0.15) is 0 Å². The lowest BCUT2D eigenvalue weighted by Gasteiger charge is -2.13. The smallest absolute Gasteiger partial charge is 0.411 e. The van der Waals surface area contributed by atoms with Crippen LogP contribution in [0.2, 0.25) is 0 Å². The topological polar surface area (TPSA) is 38.3 Å². The van der Waals surface area contributed by atoms with Gasteiger partial charge in [-0.05, 0) is 49.4 Å². The Kier molecular flexibility index (Phi) is 5.01. The molecule has 0 heterocycles. The Morgan fingerprint density at radius 3 is 2.35 bits per heavy atom. The van der Waals surface area contributed by atoms with Gasteiger partial charge in [0.25, 0.3) is 0 Å². The van der Waals surface area contributed by atoms with Crippen LogP contribution in [-0.2, 0) is 17.6 Å². The van der Waals surface area contributed by atoms with Crippen LogP contribution in [0.25, 0.3) is 0 Å². The zero-order valence-electron chi connectivity index (χ0n) is 11.1. The molecule has 0 saturated heterocycles. The normalized spacial score (nSPS) is 10.1. The van der Waals surface area contributed by atoms with Crippen molar-refractivity contribution >= 4 is 11.8 Å². The van der Waals surface area contributed by atoms with Gasteiger partial charge in [0.05, 0.1) is 6.61 Å². The number of anilines is 1. The van der Waals surface area contributed by atoms with Gasteiger partial charge in [0.1, 0.15) is 0 Å². The van der Waals surface area contributed by atoms with Gasteiger partial charge in [0.2, 0.25) is 0 Å². The molecule has 1 N–H and O–H groups in total.